The molecule has 0 saturated heterocycles. The van der Waals surface area contributed by atoms with Crippen molar-refractivity contribution in [1.29, 1.82) is 0 Å². The largest absolute Gasteiger partial charge is 0.306 e. The number of fused-ring (bicyclic) bond motifs is 1. The Kier molecular flexibility index (Phi) is 3.03. The van der Waals surface area contributed by atoms with Gasteiger partial charge in [-0.2, -0.15) is 4.37 Å². The number of aryl methyl sites for hydroxylation is 1. The molecule has 7 heteroatoms. The Bertz CT molecular complexity index is 587. The predicted octanol–water partition coefficient (Wildman–Crippen LogP) is 2.88. The summed E-state index contributed by atoms with van der Waals surface area (Å²) < 4.78 is 7.70. The van der Waals surface area contributed by atoms with E-state index in [9.17, 15) is 0 Å². The van der Waals surface area contributed by atoms with E-state index in [4.69, 9.17) is 0 Å². The maximum atomic E-state index is 4.61. The van der Waals surface area contributed by atoms with Gasteiger partial charge in [-0.3, -0.25) is 0 Å². The molecule has 1 aliphatic heterocycles. The Balaban J connectivity index is 1.56. The highest BCUT2D eigenvalue weighted by Crippen LogP contribution is 2.40. The van der Waals surface area contributed by atoms with Crippen LogP contribution in [0.1, 0.15) is 49.7 Å². The van der Waals surface area contributed by atoms with Gasteiger partial charge in [0.05, 0.1) is 0 Å². The Hall–Kier alpha value is -0.950. The molecule has 0 N–H and O–H groups in total. The summed E-state index contributed by atoms with van der Waals surface area (Å²) in [6, 6.07) is 0. The first-order chi connectivity index (χ1) is 9.40. The van der Waals surface area contributed by atoms with E-state index in [1.165, 1.54) is 43.6 Å². The zero-order valence-electron chi connectivity index (χ0n) is 10.6. The number of nitrogens with zero attached hydrogens (tertiary/aromatic N) is 5. The molecule has 0 aromatic carbocycles. The minimum absolute atomic E-state index is 0.626. The van der Waals surface area contributed by atoms with Crippen molar-refractivity contribution < 1.29 is 0 Å². The fourth-order valence-electron chi connectivity index (χ4n) is 2.38. The molecule has 3 heterocycles. The van der Waals surface area contributed by atoms with Gasteiger partial charge < -0.3 is 4.57 Å². The Labute approximate surface area is 120 Å². The van der Waals surface area contributed by atoms with E-state index in [-0.39, 0.29) is 0 Å². The third kappa shape index (κ3) is 2.41. The first-order valence-corrected chi connectivity index (χ1v) is 8.43. The molecule has 0 radical (unpaired) electrons. The van der Waals surface area contributed by atoms with Crippen molar-refractivity contribution in [2.45, 2.75) is 60.5 Å². The van der Waals surface area contributed by atoms with E-state index >= 15 is 0 Å². The third-order valence-corrected chi connectivity index (χ3v) is 5.37. The third-order valence-electron chi connectivity index (χ3n) is 3.62. The van der Waals surface area contributed by atoms with E-state index in [2.05, 4.69) is 24.1 Å². The SMILES string of the molecule is C1CCc2nnc(Sc3nc(C4CC4)ns3)n2CC1. The number of rotatable bonds is 3. The van der Waals surface area contributed by atoms with Crippen molar-refractivity contribution in [3.05, 3.63) is 11.6 Å². The topological polar surface area (TPSA) is 56.5 Å². The van der Waals surface area contributed by atoms with Crippen LogP contribution < -0.4 is 0 Å². The molecule has 0 spiro atoms. The first-order valence-electron chi connectivity index (χ1n) is 6.84. The van der Waals surface area contributed by atoms with Gasteiger partial charge in [-0.05, 0) is 49.0 Å². The maximum Gasteiger partial charge on any atom is 0.198 e. The molecule has 100 valence electrons. The zero-order valence-corrected chi connectivity index (χ0v) is 12.2. The van der Waals surface area contributed by atoms with Crippen LogP contribution in [0.2, 0.25) is 0 Å². The predicted molar refractivity (Wildman–Crippen MR) is 73.6 cm³/mol. The van der Waals surface area contributed by atoms with Gasteiger partial charge in [0.15, 0.2) is 9.50 Å². The number of hydrogen-bond acceptors (Lipinski definition) is 6. The van der Waals surface area contributed by atoms with Gasteiger partial charge >= 0.3 is 0 Å². The molecule has 19 heavy (non-hydrogen) atoms. The summed E-state index contributed by atoms with van der Waals surface area (Å²) in [5.74, 6) is 2.79. The highest BCUT2D eigenvalue weighted by molar-refractivity contribution is 8.00. The second-order valence-corrected chi connectivity index (χ2v) is 7.12. The molecule has 1 aliphatic carbocycles. The molecule has 1 saturated carbocycles. The van der Waals surface area contributed by atoms with Crippen molar-refractivity contribution in [3.8, 4) is 0 Å². The fraction of sp³-hybridized carbons (Fsp3) is 0.667. The van der Waals surface area contributed by atoms with Crippen molar-refractivity contribution in [2.75, 3.05) is 0 Å². The fourth-order valence-corrected chi connectivity index (χ4v) is 4.05. The highest BCUT2D eigenvalue weighted by atomic mass is 32.2. The summed E-state index contributed by atoms with van der Waals surface area (Å²) >= 11 is 3.11. The van der Waals surface area contributed by atoms with Crippen LogP contribution in [0.3, 0.4) is 0 Å². The molecule has 4 rings (SSSR count). The van der Waals surface area contributed by atoms with Gasteiger partial charge in [-0.1, -0.05) is 6.42 Å². The van der Waals surface area contributed by atoms with Crippen LogP contribution in [0, 0.1) is 0 Å². The van der Waals surface area contributed by atoms with Crippen LogP contribution in [0.4, 0.5) is 0 Å². The molecular formula is C12H15N5S2. The zero-order chi connectivity index (χ0) is 12.7. The molecular weight excluding hydrogens is 278 g/mol. The number of aromatic nitrogens is 5. The van der Waals surface area contributed by atoms with Crippen LogP contribution in [0.25, 0.3) is 0 Å². The van der Waals surface area contributed by atoms with E-state index in [1.54, 1.807) is 11.8 Å². The quantitative estimate of drug-likeness (QED) is 0.871. The van der Waals surface area contributed by atoms with Crippen molar-refractivity contribution in [3.63, 3.8) is 0 Å². The molecule has 0 amide bonds. The van der Waals surface area contributed by atoms with Crippen molar-refractivity contribution >= 4 is 23.3 Å². The minimum Gasteiger partial charge on any atom is -0.306 e. The molecule has 0 unspecified atom stereocenters. The smallest absolute Gasteiger partial charge is 0.198 e. The lowest BCUT2D eigenvalue weighted by Crippen LogP contribution is -2.02. The first kappa shape index (κ1) is 11.8. The second kappa shape index (κ2) is 4.86. The Morgan fingerprint density at radius 2 is 2.11 bits per heavy atom. The van der Waals surface area contributed by atoms with Crippen molar-refractivity contribution in [1.82, 2.24) is 24.1 Å². The Morgan fingerprint density at radius 1 is 1.16 bits per heavy atom. The molecule has 0 bridgehead atoms. The van der Waals surface area contributed by atoms with E-state index in [0.717, 1.165) is 34.1 Å². The monoisotopic (exact) mass is 293 g/mol. The summed E-state index contributed by atoms with van der Waals surface area (Å²) in [6.45, 7) is 1.04. The Morgan fingerprint density at radius 3 is 3.00 bits per heavy atom. The van der Waals surface area contributed by atoms with Crippen LogP contribution >= 0.6 is 23.3 Å². The van der Waals surface area contributed by atoms with Gasteiger partial charge in [0, 0.05) is 18.9 Å². The normalized spacial score (nSPS) is 19.2. The highest BCUT2D eigenvalue weighted by Gasteiger charge is 2.28. The van der Waals surface area contributed by atoms with Crippen LogP contribution in [0.15, 0.2) is 9.50 Å². The second-order valence-electron chi connectivity index (χ2n) is 5.16. The molecule has 1 fully saturated rings. The summed E-state index contributed by atoms with van der Waals surface area (Å²) in [7, 11) is 0. The standard InChI is InChI=1S/C12H15N5S2/c1-2-4-9-14-15-11(17(9)7-3-1)18-12-13-10(16-19-12)8-5-6-8/h8H,1-7H2. The van der Waals surface area contributed by atoms with Crippen LogP contribution in [-0.2, 0) is 13.0 Å². The average molecular weight is 293 g/mol. The molecule has 2 aliphatic rings. The molecule has 2 aromatic rings. The van der Waals surface area contributed by atoms with E-state index < -0.39 is 0 Å². The van der Waals surface area contributed by atoms with Gasteiger partial charge in [-0.15, -0.1) is 10.2 Å². The molecule has 2 aromatic heterocycles. The number of hydrogen-bond donors (Lipinski definition) is 0. The van der Waals surface area contributed by atoms with Crippen molar-refractivity contribution in [2.24, 2.45) is 0 Å². The lowest BCUT2D eigenvalue weighted by molar-refractivity contribution is 0.591. The summed E-state index contributed by atoms with van der Waals surface area (Å²) in [4.78, 5) is 4.61. The maximum absolute atomic E-state index is 4.61. The van der Waals surface area contributed by atoms with Crippen LogP contribution in [-0.4, -0.2) is 24.1 Å². The van der Waals surface area contributed by atoms with Crippen LogP contribution in [0.5, 0.6) is 0 Å². The lowest BCUT2D eigenvalue weighted by Gasteiger charge is -2.04. The van der Waals surface area contributed by atoms with Gasteiger partial charge in [0.2, 0.25) is 0 Å². The van der Waals surface area contributed by atoms with Gasteiger partial charge in [0.25, 0.3) is 0 Å². The summed E-state index contributed by atoms with van der Waals surface area (Å²) in [5.41, 5.74) is 0. The van der Waals surface area contributed by atoms with Gasteiger partial charge in [-0.25, -0.2) is 4.98 Å². The lowest BCUT2D eigenvalue weighted by atomic mass is 10.2. The summed E-state index contributed by atoms with van der Waals surface area (Å²) in [6.07, 6.45) is 7.30. The van der Waals surface area contributed by atoms with E-state index in [0.29, 0.717) is 5.92 Å². The van der Waals surface area contributed by atoms with E-state index in [1.807, 2.05) is 0 Å². The van der Waals surface area contributed by atoms with Gasteiger partial charge in [0.1, 0.15) is 11.6 Å². The summed E-state index contributed by atoms with van der Waals surface area (Å²) in [5, 5.41) is 9.62. The molecule has 5 nitrogen and oxygen atoms in total. The minimum atomic E-state index is 0.626. The average Bonchev–Trinajstić information content (AvgIpc) is 3.13. The molecule has 0 atom stereocenters.